The Bertz CT molecular complexity index is 507. The first-order valence-electron chi connectivity index (χ1n) is 5.39. The Kier molecular flexibility index (Phi) is 3.37. The molecule has 17 heavy (non-hydrogen) atoms. The van der Waals surface area contributed by atoms with Crippen molar-refractivity contribution in [1.82, 2.24) is 5.32 Å². The molecule has 2 rings (SSSR count). The van der Waals surface area contributed by atoms with Crippen LogP contribution >= 0.6 is 0 Å². The molecule has 1 unspecified atom stereocenters. The Morgan fingerprint density at radius 3 is 2.82 bits per heavy atom. The summed E-state index contributed by atoms with van der Waals surface area (Å²) >= 11 is 0. The quantitative estimate of drug-likeness (QED) is 0.745. The lowest BCUT2D eigenvalue weighted by atomic mass is 10.1. The van der Waals surface area contributed by atoms with E-state index in [0.29, 0.717) is 13.2 Å². The predicted octanol–water partition coefficient (Wildman–Crippen LogP) is 0.333. The highest BCUT2D eigenvalue weighted by atomic mass is 32.2. The monoisotopic (exact) mass is 256 g/mol. The van der Waals surface area contributed by atoms with E-state index >= 15 is 0 Å². The van der Waals surface area contributed by atoms with Gasteiger partial charge in [0.15, 0.2) is 9.84 Å². The topological polar surface area (TPSA) is 81.4 Å². The summed E-state index contributed by atoms with van der Waals surface area (Å²) in [6, 6.07) is 5.11. The number of ether oxygens (including phenoxy) is 1. The number of nitrogens with one attached hydrogen (secondary N) is 1. The van der Waals surface area contributed by atoms with Gasteiger partial charge in [0.25, 0.3) is 0 Å². The van der Waals surface area contributed by atoms with E-state index in [1.807, 2.05) is 6.07 Å². The molecule has 0 aromatic heterocycles. The summed E-state index contributed by atoms with van der Waals surface area (Å²) in [5.41, 5.74) is 6.85. The standard InChI is InChI=1S/C11H16N2O3S/c1-17(14,15)11-6-8(2-3-9(11)12)10-7-16-5-4-13-10/h2-3,6,10,13H,4-5,7,12H2,1H3. The molecule has 94 valence electrons. The van der Waals surface area contributed by atoms with Crippen LogP contribution in [0.4, 0.5) is 5.69 Å². The molecule has 1 aliphatic rings. The molecule has 0 bridgehead atoms. The molecule has 0 amide bonds. The Morgan fingerprint density at radius 1 is 1.47 bits per heavy atom. The van der Waals surface area contributed by atoms with Crippen molar-refractivity contribution >= 4 is 15.5 Å². The fraction of sp³-hybridized carbons (Fsp3) is 0.455. The summed E-state index contributed by atoms with van der Waals surface area (Å²) in [5, 5.41) is 3.27. The summed E-state index contributed by atoms with van der Waals surface area (Å²) in [5.74, 6) is 0. The second-order valence-electron chi connectivity index (χ2n) is 4.15. The maximum Gasteiger partial charge on any atom is 0.177 e. The average molecular weight is 256 g/mol. The fourth-order valence-corrected chi connectivity index (χ4v) is 2.71. The van der Waals surface area contributed by atoms with Crippen LogP contribution < -0.4 is 11.1 Å². The zero-order chi connectivity index (χ0) is 12.5. The fourth-order valence-electron chi connectivity index (χ4n) is 1.87. The first-order chi connectivity index (χ1) is 7.98. The van der Waals surface area contributed by atoms with Crippen molar-refractivity contribution in [2.75, 3.05) is 31.7 Å². The van der Waals surface area contributed by atoms with Gasteiger partial charge >= 0.3 is 0 Å². The zero-order valence-corrected chi connectivity index (χ0v) is 10.5. The summed E-state index contributed by atoms with van der Waals surface area (Å²) in [6.07, 6.45) is 1.16. The summed E-state index contributed by atoms with van der Waals surface area (Å²) in [6.45, 7) is 2.00. The maximum absolute atomic E-state index is 11.6. The van der Waals surface area contributed by atoms with Crippen molar-refractivity contribution < 1.29 is 13.2 Å². The molecule has 1 atom stereocenters. The molecule has 1 aromatic rings. The van der Waals surface area contributed by atoms with E-state index < -0.39 is 9.84 Å². The Morgan fingerprint density at radius 2 is 2.24 bits per heavy atom. The van der Waals surface area contributed by atoms with E-state index in [4.69, 9.17) is 10.5 Å². The van der Waals surface area contributed by atoms with Crippen molar-refractivity contribution in [3.05, 3.63) is 23.8 Å². The minimum absolute atomic E-state index is 0.0323. The minimum Gasteiger partial charge on any atom is -0.398 e. The van der Waals surface area contributed by atoms with Gasteiger partial charge in [-0.15, -0.1) is 0 Å². The smallest absolute Gasteiger partial charge is 0.177 e. The molecule has 0 saturated carbocycles. The highest BCUT2D eigenvalue weighted by Gasteiger charge is 2.19. The van der Waals surface area contributed by atoms with Gasteiger partial charge in [0.2, 0.25) is 0 Å². The molecule has 1 aliphatic heterocycles. The Balaban J connectivity index is 2.37. The van der Waals surface area contributed by atoms with Gasteiger partial charge < -0.3 is 15.8 Å². The summed E-state index contributed by atoms with van der Waals surface area (Å²) < 4.78 is 28.5. The molecule has 1 aromatic carbocycles. The van der Waals surface area contributed by atoms with Crippen LogP contribution in [-0.4, -0.2) is 34.4 Å². The number of anilines is 1. The molecule has 0 aliphatic carbocycles. The van der Waals surface area contributed by atoms with Crippen LogP contribution in [0.3, 0.4) is 0 Å². The van der Waals surface area contributed by atoms with Gasteiger partial charge in [-0.1, -0.05) is 6.07 Å². The molecular formula is C11H16N2O3S. The number of nitrogen functional groups attached to an aromatic ring is 1. The van der Waals surface area contributed by atoms with Gasteiger partial charge in [-0.2, -0.15) is 0 Å². The van der Waals surface area contributed by atoms with Crippen LogP contribution in [0.1, 0.15) is 11.6 Å². The van der Waals surface area contributed by atoms with Crippen molar-refractivity contribution in [2.45, 2.75) is 10.9 Å². The van der Waals surface area contributed by atoms with Crippen LogP contribution in [-0.2, 0) is 14.6 Å². The zero-order valence-electron chi connectivity index (χ0n) is 9.64. The first kappa shape index (κ1) is 12.3. The third-order valence-corrected chi connectivity index (χ3v) is 3.91. The van der Waals surface area contributed by atoms with Crippen molar-refractivity contribution in [3.63, 3.8) is 0 Å². The molecule has 3 N–H and O–H groups in total. The van der Waals surface area contributed by atoms with Gasteiger partial charge in [-0.25, -0.2) is 8.42 Å². The number of rotatable bonds is 2. The first-order valence-corrected chi connectivity index (χ1v) is 7.28. The van der Waals surface area contributed by atoms with E-state index in [-0.39, 0.29) is 16.6 Å². The highest BCUT2D eigenvalue weighted by Crippen LogP contribution is 2.24. The molecule has 0 spiro atoms. The highest BCUT2D eigenvalue weighted by molar-refractivity contribution is 7.90. The van der Waals surface area contributed by atoms with Gasteiger partial charge in [-0.3, -0.25) is 0 Å². The summed E-state index contributed by atoms with van der Waals surface area (Å²) in [7, 11) is -3.29. The molecule has 6 heteroatoms. The molecular weight excluding hydrogens is 240 g/mol. The summed E-state index contributed by atoms with van der Waals surface area (Å²) in [4.78, 5) is 0.183. The molecule has 1 saturated heterocycles. The van der Waals surface area contributed by atoms with Gasteiger partial charge in [0.05, 0.1) is 29.8 Å². The Labute approximate surface area is 101 Å². The number of hydrogen-bond donors (Lipinski definition) is 2. The van der Waals surface area contributed by atoms with E-state index in [1.54, 1.807) is 12.1 Å². The molecule has 1 fully saturated rings. The lowest BCUT2D eigenvalue weighted by Crippen LogP contribution is -2.34. The third kappa shape index (κ3) is 2.77. The number of morpholine rings is 1. The normalized spacial score (nSPS) is 21.4. The SMILES string of the molecule is CS(=O)(=O)c1cc(C2COCCN2)ccc1N. The Hall–Kier alpha value is -1.11. The second kappa shape index (κ2) is 4.64. The van der Waals surface area contributed by atoms with Crippen LogP contribution in [0.15, 0.2) is 23.1 Å². The van der Waals surface area contributed by atoms with Gasteiger partial charge in [-0.05, 0) is 17.7 Å². The second-order valence-corrected chi connectivity index (χ2v) is 6.14. The number of nitrogens with two attached hydrogens (primary N) is 1. The van der Waals surface area contributed by atoms with E-state index in [0.717, 1.165) is 18.4 Å². The van der Waals surface area contributed by atoms with E-state index in [1.165, 1.54) is 0 Å². The molecule has 1 heterocycles. The number of hydrogen-bond acceptors (Lipinski definition) is 5. The lowest BCUT2D eigenvalue weighted by molar-refractivity contribution is 0.0768. The molecule has 0 radical (unpaired) electrons. The largest absolute Gasteiger partial charge is 0.398 e. The minimum atomic E-state index is -3.29. The van der Waals surface area contributed by atoms with Gasteiger partial charge in [0, 0.05) is 12.8 Å². The third-order valence-electron chi connectivity index (χ3n) is 2.76. The van der Waals surface area contributed by atoms with Crippen LogP contribution in [0.25, 0.3) is 0 Å². The predicted molar refractivity (Wildman–Crippen MR) is 65.5 cm³/mol. The molecule has 5 nitrogen and oxygen atoms in total. The maximum atomic E-state index is 11.6. The van der Waals surface area contributed by atoms with E-state index in [2.05, 4.69) is 5.32 Å². The number of benzene rings is 1. The van der Waals surface area contributed by atoms with Crippen molar-refractivity contribution in [1.29, 1.82) is 0 Å². The number of sulfone groups is 1. The average Bonchev–Trinajstić information content (AvgIpc) is 2.29. The van der Waals surface area contributed by atoms with Crippen LogP contribution in [0.2, 0.25) is 0 Å². The van der Waals surface area contributed by atoms with Gasteiger partial charge in [0.1, 0.15) is 0 Å². The van der Waals surface area contributed by atoms with E-state index in [9.17, 15) is 8.42 Å². The van der Waals surface area contributed by atoms with Crippen LogP contribution in [0.5, 0.6) is 0 Å². The van der Waals surface area contributed by atoms with Crippen molar-refractivity contribution in [2.24, 2.45) is 0 Å². The van der Waals surface area contributed by atoms with Crippen LogP contribution in [0, 0.1) is 0 Å². The lowest BCUT2D eigenvalue weighted by Gasteiger charge is -2.24. The van der Waals surface area contributed by atoms with Crippen molar-refractivity contribution in [3.8, 4) is 0 Å².